The average Bonchev–Trinajstić information content (AvgIpc) is 2.31. The van der Waals surface area contributed by atoms with Crippen molar-refractivity contribution in [2.75, 3.05) is 5.32 Å². The Morgan fingerprint density at radius 2 is 1.58 bits per heavy atom. The molecule has 0 saturated heterocycles. The lowest BCUT2D eigenvalue weighted by Crippen LogP contribution is -2.13. The smallest absolute Gasteiger partial charge is 0.255 e. The molecule has 2 rings (SSSR count). The molecule has 19 heavy (non-hydrogen) atoms. The highest BCUT2D eigenvalue weighted by molar-refractivity contribution is 9.11. The van der Waals surface area contributed by atoms with Crippen LogP contribution in [0.3, 0.4) is 0 Å². The van der Waals surface area contributed by atoms with Gasteiger partial charge in [-0.15, -0.1) is 0 Å². The summed E-state index contributed by atoms with van der Waals surface area (Å²) in [6.45, 7) is 0. The Labute approximate surface area is 134 Å². The minimum absolute atomic E-state index is 0.143. The molecule has 98 valence electrons. The largest absolute Gasteiger partial charge is 0.319 e. The molecule has 1 amide bonds. The maximum atomic E-state index is 13.6. The van der Waals surface area contributed by atoms with Crippen LogP contribution in [0.4, 0.5) is 10.1 Å². The molecule has 0 fully saturated rings. The lowest BCUT2D eigenvalue weighted by atomic mass is 10.2. The molecule has 0 atom stereocenters. The van der Waals surface area contributed by atoms with Crippen molar-refractivity contribution in [3.63, 3.8) is 0 Å². The molecular formula is C13H7Br3FNO. The quantitative estimate of drug-likeness (QED) is 0.653. The molecule has 0 aliphatic rings. The van der Waals surface area contributed by atoms with Gasteiger partial charge in [0.25, 0.3) is 5.91 Å². The number of hydrogen-bond donors (Lipinski definition) is 1. The predicted molar refractivity (Wildman–Crippen MR) is 83.9 cm³/mol. The molecule has 0 saturated carbocycles. The van der Waals surface area contributed by atoms with Gasteiger partial charge in [-0.2, -0.15) is 0 Å². The standard InChI is InChI=1S/C13H7Br3FNO/c14-8-1-2-12(11(17)6-8)18-13(19)7-3-9(15)5-10(16)4-7/h1-6H,(H,18,19). The average molecular weight is 452 g/mol. The minimum atomic E-state index is -0.489. The van der Waals surface area contributed by atoms with Gasteiger partial charge in [0.15, 0.2) is 0 Å². The molecule has 0 unspecified atom stereocenters. The highest BCUT2D eigenvalue weighted by atomic mass is 79.9. The zero-order valence-corrected chi connectivity index (χ0v) is 14.1. The number of amides is 1. The second-order valence-electron chi connectivity index (χ2n) is 3.74. The zero-order chi connectivity index (χ0) is 14.0. The highest BCUT2D eigenvalue weighted by Crippen LogP contribution is 2.23. The van der Waals surface area contributed by atoms with Crippen LogP contribution in [0.5, 0.6) is 0 Å². The molecule has 2 nitrogen and oxygen atoms in total. The summed E-state index contributed by atoms with van der Waals surface area (Å²) >= 11 is 9.76. The molecule has 0 heterocycles. The molecule has 2 aromatic carbocycles. The Bertz CT molecular complexity index is 626. The van der Waals surface area contributed by atoms with Crippen molar-refractivity contribution >= 4 is 59.4 Å². The molecular weight excluding hydrogens is 445 g/mol. The third-order valence-electron chi connectivity index (χ3n) is 2.30. The minimum Gasteiger partial charge on any atom is -0.319 e. The first-order chi connectivity index (χ1) is 8.95. The third-order valence-corrected chi connectivity index (χ3v) is 3.71. The van der Waals surface area contributed by atoms with E-state index in [4.69, 9.17) is 0 Å². The Morgan fingerprint density at radius 1 is 0.947 bits per heavy atom. The monoisotopic (exact) mass is 449 g/mol. The van der Waals surface area contributed by atoms with Gasteiger partial charge in [-0.25, -0.2) is 4.39 Å². The molecule has 2 aromatic rings. The number of hydrogen-bond acceptors (Lipinski definition) is 1. The molecule has 1 N–H and O–H groups in total. The van der Waals surface area contributed by atoms with Gasteiger partial charge in [0.1, 0.15) is 5.82 Å². The number of carbonyl (C=O) groups is 1. The van der Waals surface area contributed by atoms with Crippen LogP contribution in [0.25, 0.3) is 0 Å². The maximum Gasteiger partial charge on any atom is 0.255 e. The SMILES string of the molecule is O=C(Nc1ccc(Br)cc1F)c1cc(Br)cc(Br)c1. The van der Waals surface area contributed by atoms with Crippen molar-refractivity contribution in [1.29, 1.82) is 0 Å². The van der Waals surface area contributed by atoms with E-state index in [1.165, 1.54) is 12.1 Å². The lowest BCUT2D eigenvalue weighted by Gasteiger charge is -2.07. The van der Waals surface area contributed by atoms with Gasteiger partial charge in [-0.1, -0.05) is 47.8 Å². The van der Waals surface area contributed by atoms with Crippen LogP contribution in [0, 0.1) is 5.82 Å². The Kier molecular flexibility index (Phi) is 4.76. The summed E-state index contributed by atoms with van der Waals surface area (Å²) in [5.74, 6) is -0.861. The van der Waals surface area contributed by atoms with E-state index in [-0.39, 0.29) is 11.6 Å². The third kappa shape index (κ3) is 3.87. The van der Waals surface area contributed by atoms with Gasteiger partial charge in [0.2, 0.25) is 0 Å². The van der Waals surface area contributed by atoms with Gasteiger partial charge in [0.05, 0.1) is 5.69 Å². The first-order valence-corrected chi connectivity index (χ1v) is 7.56. The van der Waals surface area contributed by atoms with Crippen molar-refractivity contribution < 1.29 is 9.18 Å². The topological polar surface area (TPSA) is 29.1 Å². The van der Waals surface area contributed by atoms with E-state index in [1.54, 1.807) is 18.2 Å². The van der Waals surface area contributed by atoms with Crippen molar-refractivity contribution in [3.8, 4) is 0 Å². The second-order valence-corrected chi connectivity index (χ2v) is 6.48. The molecule has 0 radical (unpaired) electrons. The molecule has 0 bridgehead atoms. The van der Waals surface area contributed by atoms with E-state index < -0.39 is 5.82 Å². The van der Waals surface area contributed by atoms with Crippen LogP contribution in [-0.2, 0) is 0 Å². The van der Waals surface area contributed by atoms with E-state index in [9.17, 15) is 9.18 Å². The predicted octanol–water partition coefficient (Wildman–Crippen LogP) is 5.37. The molecule has 0 spiro atoms. The Hall–Kier alpha value is -0.720. The summed E-state index contributed by atoms with van der Waals surface area (Å²) in [5, 5.41) is 2.53. The van der Waals surface area contributed by atoms with Crippen LogP contribution < -0.4 is 5.32 Å². The molecule has 0 aromatic heterocycles. The van der Waals surface area contributed by atoms with E-state index in [1.807, 2.05) is 6.07 Å². The Balaban J connectivity index is 2.25. The van der Waals surface area contributed by atoms with E-state index >= 15 is 0 Å². The first kappa shape index (κ1) is 14.7. The van der Waals surface area contributed by atoms with E-state index in [0.717, 1.165) is 8.95 Å². The van der Waals surface area contributed by atoms with Crippen LogP contribution >= 0.6 is 47.8 Å². The van der Waals surface area contributed by atoms with Crippen molar-refractivity contribution in [2.24, 2.45) is 0 Å². The second kappa shape index (κ2) is 6.15. The van der Waals surface area contributed by atoms with Gasteiger partial charge >= 0.3 is 0 Å². The summed E-state index contributed by atoms with van der Waals surface area (Å²) in [7, 11) is 0. The summed E-state index contributed by atoms with van der Waals surface area (Å²) in [6.07, 6.45) is 0. The number of nitrogens with one attached hydrogen (secondary N) is 1. The molecule has 0 aliphatic heterocycles. The fraction of sp³-hybridized carbons (Fsp3) is 0. The van der Waals surface area contributed by atoms with Gasteiger partial charge in [0, 0.05) is 19.0 Å². The number of benzene rings is 2. The van der Waals surface area contributed by atoms with Crippen molar-refractivity contribution in [1.82, 2.24) is 0 Å². The van der Waals surface area contributed by atoms with Crippen LogP contribution in [0.1, 0.15) is 10.4 Å². The van der Waals surface area contributed by atoms with Crippen LogP contribution in [0.15, 0.2) is 49.8 Å². The van der Waals surface area contributed by atoms with E-state index in [0.29, 0.717) is 10.0 Å². The van der Waals surface area contributed by atoms with Gasteiger partial charge < -0.3 is 5.32 Å². The highest BCUT2D eigenvalue weighted by Gasteiger charge is 2.11. The molecule has 6 heteroatoms. The fourth-order valence-corrected chi connectivity index (χ4v) is 3.10. The first-order valence-electron chi connectivity index (χ1n) is 5.18. The van der Waals surface area contributed by atoms with Crippen LogP contribution in [0.2, 0.25) is 0 Å². The fourth-order valence-electron chi connectivity index (χ4n) is 1.47. The number of rotatable bonds is 2. The number of anilines is 1. The summed E-state index contributed by atoms with van der Waals surface area (Å²) in [5.41, 5.74) is 0.577. The number of halogens is 4. The summed E-state index contributed by atoms with van der Waals surface area (Å²) in [6, 6.07) is 9.61. The molecule has 0 aliphatic carbocycles. The summed E-state index contributed by atoms with van der Waals surface area (Å²) in [4.78, 5) is 12.0. The van der Waals surface area contributed by atoms with Gasteiger partial charge in [-0.3, -0.25) is 4.79 Å². The maximum absolute atomic E-state index is 13.6. The van der Waals surface area contributed by atoms with E-state index in [2.05, 4.69) is 53.1 Å². The Morgan fingerprint density at radius 3 is 2.16 bits per heavy atom. The summed E-state index contributed by atoms with van der Waals surface area (Å²) < 4.78 is 15.8. The number of carbonyl (C=O) groups excluding carboxylic acids is 1. The lowest BCUT2D eigenvalue weighted by molar-refractivity contribution is 0.102. The van der Waals surface area contributed by atoms with Crippen molar-refractivity contribution in [3.05, 3.63) is 61.2 Å². The van der Waals surface area contributed by atoms with Crippen LogP contribution in [-0.4, -0.2) is 5.91 Å². The zero-order valence-electron chi connectivity index (χ0n) is 9.38. The normalized spacial score (nSPS) is 10.3. The van der Waals surface area contributed by atoms with Gasteiger partial charge in [-0.05, 0) is 36.4 Å². The van der Waals surface area contributed by atoms with Crippen molar-refractivity contribution in [2.45, 2.75) is 0 Å².